The van der Waals surface area contributed by atoms with E-state index in [-0.39, 0.29) is 0 Å². The van der Waals surface area contributed by atoms with Crippen LogP contribution in [0.25, 0.3) is 11.5 Å². The molecule has 0 unspecified atom stereocenters. The molecule has 1 N–H and O–H groups in total. The first kappa shape index (κ1) is 13.3. The third-order valence-corrected chi connectivity index (χ3v) is 3.32. The molecule has 0 bridgehead atoms. The van der Waals surface area contributed by atoms with Gasteiger partial charge in [-0.2, -0.15) is 9.50 Å². The summed E-state index contributed by atoms with van der Waals surface area (Å²) in [5.74, 6) is 2.55. The van der Waals surface area contributed by atoms with Gasteiger partial charge in [0.1, 0.15) is 18.0 Å². The second kappa shape index (κ2) is 5.41. The summed E-state index contributed by atoms with van der Waals surface area (Å²) in [5, 5.41) is 7.58. The molecule has 8 nitrogen and oxygen atoms in total. The Bertz CT molecular complexity index is 931. The van der Waals surface area contributed by atoms with Crippen molar-refractivity contribution in [1.82, 2.24) is 29.1 Å². The van der Waals surface area contributed by atoms with Gasteiger partial charge < -0.3 is 10.1 Å². The van der Waals surface area contributed by atoms with Crippen molar-refractivity contribution in [2.24, 2.45) is 0 Å². The standard InChI is InChI=1S/C15H13N7O/c1-23-11-5-6-13(21-9-8-16-10-21)22-14(11)19-15(20-22)18-12-4-2-3-7-17-12/h2-10H,1H3,(H,17,18,20). The van der Waals surface area contributed by atoms with Gasteiger partial charge in [0.25, 0.3) is 0 Å². The van der Waals surface area contributed by atoms with Crippen molar-refractivity contribution in [3.8, 4) is 11.6 Å². The minimum atomic E-state index is 0.439. The normalized spacial score (nSPS) is 10.8. The van der Waals surface area contributed by atoms with Crippen molar-refractivity contribution in [3.63, 3.8) is 0 Å². The molecule has 114 valence electrons. The molecule has 0 aromatic carbocycles. The zero-order valence-corrected chi connectivity index (χ0v) is 12.3. The summed E-state index contributed by atoms with van der Waals surface area (Å²) >= 11 is 0. The maximum atomic E-state index is 5.37. The highest BCUT2D eigenvalue weighted by atomic mass is 16.5. The van der Waals surface area contributed by atoms with E-state index in [1.54, 1.807) is 30.3 Å². The molecule has 4 aromatic heterocycles. The molecule has 23 heavy (non-hydrogen) atoms. The lowest BCUT2D eigenvalue weighted by Crippen LogP contribution is -2.03. The van der Waals surface area contributed by atoms with E-state index in [1.165, 1.54) is 0 Å². The summed E-state index contributed by atoms with van der Waals surface area (Å²) in [6.07, 6.45) is 6.96. The van der Waals surface area contributed by atoms with Crippen molar-refractivity contribution in [3.05, 3.63) is 55.2 Å². The number of rotatable bonds is 4. The maximum absolute atomic E-state index is 5.37. The number of hydrogen-bond acceptors (Lipinski definition) is 6. The summed E-state index contributed by atoms with van der Waals surface area (Å²) < 4.78 is 8.92. The Morgan fingerprint density at radius 1 is 1.13 bits per heavy atom. The van der Waals surface area contributed by atoms with E-state index in [2.05, 4.69) is 25.4 Å². The van der Waals surface area contributed by atoms with E-state index >= 15 is 0 Å². The number of anilines is 2. The molecule has 4 rings (SSSR count). The third-order valence-electron chi connectivity index (χ3n) is 3.32. The van der Waals surface area contributed by atoms with Crippen LogP contribution >= 0.6 is 0 Å². The number of fused-ring (bicyclic) bond motifs is 1. The average molecular weight is 307 g/mol. The zero-order valence-electron chi connectivity index (χ0n) is 12.3. The highest BCUT2D eigenvalue weighted by molar-refractivity contribution is 5.61. The van der Waals surface area contributed by atoms with Crippen LogP contribution in [0.4, 0.5) is 11.8 Å². The van der Waals surface area contributed by atoms with Gasteiger partial charge >= 0.3 is 0 Å². The smallest absolute Gasteiger partial charge is 0.248 e. The monoisotopic (exact) mass is 307 g/mol. The molecule has 0 saturated carbocycles. The van der Waals surface area contributed by atoms with E-state index in [1.807, 2.05) is 41.1 Å². The predicted octanol–water partition coefficient (Wildman–Crippen LogP) is 2.06. The first-order chi connectivity index (χ1) is 11.3. The molecule has 0 aliphatic rings. The van der Waals surface area contributed by atoms with Crippen LogP contribution in [0, 0.1) is 0 Å². The topological polar surface area (TPSA) is 82.2 Å². The van der Waals surface area contributed by atoms with E-state index in [0.717, 1.165) is 5.82 Å². The summed E-state index contributed by atoms with van der Waals surface area (Å²) in [7, 11) is 1.60. The second-order valence-electron chi connectivity index (χ2n) is 4.74. The summed E-state index contributed by atoms with van der Waals surface area (Å²) in [5.41, 5.74) is 0.608. The summed E-state index contributed by atoms with van der Waals surface area (Å²) in [6.45, 7) is 0. The lowest BCUT2D eigenvalue weighted by Gasteiger charge is -2.06. The van der Waals surface area contributed by atoms with Gasteiger partial charge in [-0.1, -0.05) is 6.07 Å². The minimum Gasteiger partial charge on any atom is -0.493 e. The summed E-state index contributed by atoms with van der Waals surface area (Å²) in [6, 6.07) is 9.33. The highest BCUT2D eigenvalue weighted by Crippen LogP contribution is 2.23. The molecule has 0 aliphatic heterocycles. The lowest BCUT2D eigenvalue weighted by atomic mass is 10.4. The number of hydrogen-bond donors (Lipinski definition) is 1. The molecule has 0 aliphatic carbocycles. The van der Waals surface area contributed by atoms with Crippen molar-refractivity contribution in [2.75, 3.05) is 12.4 Å². The van der Waals surface area contributed by atoms with E-state index in [4.69, 9.17) is 4.74 Å². The SMILES string of the molecule is COc1ccc(-n2ccnc2)n2nc(Nc3ccccn3)nc12. The Balaban J connectivity index is 1.84. The molecule has 8 heteroatoms. The first-order valence-electron chi connectivity index (χ1n) is 6.95. The number of ether oxygens (including phenoxy) is 1. The van der Waals surface area contributed by atoms with Crippen LogP contribution in [0.2, 0.25) is 0 Å². The van der Waals surface area contributed by atoms with Crippen molar-refractivity contribution >= 4 is 17.4 Å². The zero-order chi connectivity index (χ0) is 15.6. The van der Waals surface area contributed by atoms with Gasteiger partial charge in [-0.3, -0.25) is 4.57 Å². The number of methoxy groups -OCH3 is 1. The minimum absolute atomic E-state index is 0.439. The van der Waals surface area contributed by atoms with Gasteiger partial charge in [-0.15, -0.1) is 5.10 Å². The second-order valence-corrected chi connectivity index (χ2v) is 4.74. The molecule has 0 amide bonds. The Morgan fingerprint density at radius 2 is 2.09 bits per heavy atom. The fourth-order valence-electron chi connectivity index (χ4n) is 2.28. The average Bonchev–Trinajstić information content (AvgIpc) is 3.24. The Hall–Kier alpha value is -3.42. The van der Waals surface area contributed by atoms with E-state index in [9.17, 15) is 0 Å². The largest absolute Gasteiger partial charge is 0.493 e. The van der Waals surface area contributed by atoms with Gasteiger partial charge in [-0.25, -0.2) is 9.97 Å². The van der Waals surface area contributed by atoms with Crippen LogP contribution in [0.15, 0.2) is 55.2 Å². The Kier molecular flexibility index (Phi) is 3.12. The molecule has 0 spiro atoms. The van der Waals surface area contributed by atoms with Crippen molar-refractivity contribution in [2.45, 2.75) is 0 Å². The number of nitrogens with zero attached hydrogens (tertiary/aromatic N) is 6. The Labute approximate surface area is 131 Å². The molecule has 0 radical (unpaired) electrons. The van der Waals surface area contributed by atoms with E-state index in [0.29, 0.717) is 23.2 Å². The van der Waals surface area contributed by atoms with Crippen LogP contribution in [-0.2, 0) is 0 Å². The quantitative estimate of drug-likeness (QED) is 0.621. The van der Waals surface area contributed by atoms with Crippen molar-refractivity contribution in [1.29, 1.82) is 0 Å². The number of pyridine rings is 2. The van der Waals surface area contributed by atoms with Gasteiger partial charge in [0.05, 0.1) is 7.11 Å². The van der Waals surface area contributed by atoms with Gasteiger partial charge in [0.15, 0.2) is 5.75 Å². The van der Waals surface area contributed by atoms with Crippen LogP contribution in [0.3, 0.4) is 0 Å². The molecule has 0 fully saturated rings. The fourth-order valence-corrected chi connectivity index (χ4v) is 2.28. The van der Waals surface area contributed by atoms with Crippen molar-refractivity contribution < 1.29 is 4.74 Å². The predicted molar refractivity (Wildman–Crippen MR) is 84.2 cm³/mol. The highest BCUT2D eigenvalue weighted by Gasteiger charge is 2.13. The number of aromatic nitrogens is 6. The van der Waals surface area contributed by atoms with Gasteiger partial charge in [0.2, 0.25) is 11.6 Å². The molecular weight excluding hydrogens is 294 g/mol. The maximum Gasteiger partial charge on any atom is 0.248 e. The number of nitrogens with one attached hydrogen (secondary N) is 1. The van der Waals surface area contributed by atoms with Crippen LogP contribution < -0.4 is 10.1 Å². The van der Waals surface area contributed by atoms with Crippen LogP contribution in [0.5, 0.6) is 5.75 Å². The van der Waals surface area contributed by atoms with Gasteiger partial charge in [0, 0.05) is 18.6 Å². The lowest BCUT2D eigenvalue weighted by molar-refractivity contribution is 0.416. The summed E-state index contributed by atoms with van der Waals surface area (Å²) in [4.78, 5) is 12.8. The molecule has 4 aromatic rings. The number of imidazole rings is 1. The third kappa shape index (κ3) is 2.35. The Morgan fingerprint density at radius 3 is 2.83 bits per heavy atom. The van der Waals surface area contributed by atoms with Crippen LogP contribution in [0.1, 0.15) is 0 Å². The molecular formula is C15H13N7O. The molecule has 0 atom stereocenters. The van der Waals surface area contributed by atoms with Gasteiger partial charge in [-0.05, 0) is 24.3 Å². The fraction of sp³-hybridized carbons (Fsp3) is 0.0667. The van der Waals surface area contributed by atoms with Crippen LogP contribution in [-0.4, -0.2) is 36.2 Å². The molecule has 4 heterocycles. The first-order valence-corrected chi connectivity index (χ1v) is 6.95. The molecule has 0 saturated heterocycles. The van der Waals surface area contributed by atoms with E-state index < -0.39 is 0 Å².